The lowest BCUT2D eigenvalue weighted by molar-refractivity contribution is 0.147. The minimum Gasteiger partial charge on any atom is -0.481 e. The molecule has 1 aromatic heterocycles. The first-order valence-corrected chi connectivity index (χ1v) is 5.40. The van der Waals surface area contributed by atoms with Crippen molar-refractivity contribution in [2.75, 3.05) is 37.9 Å². The largest absolute Gasteiger partial charge is 0.481 e. The van der Waals surface area contributed by atoms with E-state index in [9.17, 15) is 0 Å². The van der Waals surface area contributed by atoms with Crippen LogP contribution in [0.2, 0.25) is 0 Å². The molecule has 1 aromatic rings. The zero-order valence-electron chi connectivity index (χ0n) is 9.82. The molecule has 0 fully saturated rings. The molecule has 0 bridgehead atoms. The summed E-state index contributed by atoms with van der Waals surface area (Å²) in [6.45, 7) is 4.26. The smallest absolute Gasteiger partial charge is 0.215 e. The Balaban J connectivity index is 2.40. The number of anilines is 2. The normalized spacial score (nSPS) is 10.1. The quantitative estimate of drug-likeness (QED) is 0.688. The Hall–Kier alpha value is -1.49. The fourth-order valence-corrected chi connectivity index (χ4v) is 1.23. The van der Waals surface area contributed by atoms with Crippen LogP contribution in [0, 0.1) is 0 Å². The highest BCUT2D eigenvalue weighted by molar-refractivity contribution is 5.61. The Morgan fingerprint density at radius 3 is 2.94 bits per heavy atom. The zero-order chi connectivity index (χ0) is 11.8. The van der Waals surface area contributed by atoms with Gasteiger partial charge in [-0.15, -0.1) is 0 Å². The Kier molecular flexibility index (Phi) is 5.42. The highest BCUT2D eigenvalue weighted by Gasteiger charge is 2.02. The molecule has 5 heteroatoms. The second kappa shape index (κ2) is 6.90. The fraction of sp³-hybridized carbons (Fsp3) is 0.545. The average molecular weight is 225 g/mol. The first-order chi connectivity index (χ1) is 7.77. The molecule has 0 aliphatic carbocycles. The van der Waals surface area contributed by atoms with Crippen molar-refractivity contribution in [2.45, 2.75) is 13.3 Å². The molecular weight excluding hydrogens is 206 g/mol. The maximum absolute atomic E-state index is 5.77. The van der Waals surface area contributed by atoms with Crippen molar-refractivity contribution < 1.29 is 9.47 Å². The summed E-state index contributed by atoms with van der Waals surface area (Å²) in [6.07, 6.45) is 0.923. The van der Waals surface area contributed by atoms with Crippen LogP contribution in [0.4, 0.5) is 11.5 Å². The Morgan fingerprint density at radius 2 is 2.25 bits per heavy atom. The molecule has 0 aliphatic heterocycles. The molecular formula is C11H19N3O2. The van der Waals surface area contributed by atoms with Gasteiger partial charge in [0.1, 0.15) is 0 Å². The second-order valence-corrected chi connectivity index (χ2v) is 3.27. The predicted octanol–water partition coefficient (Wildman–Crippen LogP) is 1.51. The van der Waals surface area contributed by atoms with Crippen LogP contribution in [-0.2, 0) is 4.74 Å². The van der Waals surface area contributed by atoms with E-state index in [2.05, 4.69) is 10.3 Å². The van der Waals surface area contributed by atoms with Crippen LogP contribution >= 0.6 is 0 Å². The lowest BCUT2D eigenvalue weighted by Crippen LogP contribution is -2.09. The summed E-state index contributed by atoms with van der Waals surface area (Å²) in [5, 5.41) is 3.15. The monoisotopic (exact) mass is 225 g/mol. The van der Waals surface area contributed by atoms with Crippen molar-refractivity contribution >= 4 is 11.5 Å². The van der Waals surface area contributed by atoms with Crippen LogP contribution in [-0.4, -0.2) is 31.9 Å². The maximum Gasteiger partial charge on any atom is 0.215 e. The molecule has 0 atom stereocenters. The molecule has 0 radical (unpaired) electrons. The number of nitrogens with zero attached hydrogens (tertiary/aromatic N) is 1. The van der Waals surface area contributed by atoms with Gasteiger partial charge in [-0.2, -0.15) is 4.98 Å². The summed E-state index contributed by atoms with van der Waals surface area (Å²) in [5.74, 6) is 1.22. The number of rotatable bonds is 7. The fourth-order valence-electron chi connectivity index (χ4n) is 1.23. The van der Waals surface area contributed by atoms with Crippen LogP contribution in [0.3, 0.4) is 0 Å². The molecule has 1 rings (SSSR count). The third-order valence-corrected chi connectivity index (χ3v) is 2.07. The third-order valence-electron chi connectivity index (χ3n) is 2.07. The number of hydrogen-bond acceptors (Lipinski definition) is 5. The van der Waals surface area contributed by atoms with Gasteiger partial charge in [-0.3, -0.25) is 0 Å². The second-order valence-electron chi connectivity index (χ2n) is 3.27. The molecule has 0 spiro atoms. The topological polar surface area (TPSA) is 69.4 Å². The van der Waals surface area contributed by atoms with Crippen molar-refractivity contribution in [3.05, 3.63) is 12.1 Å². The summed E-state index contributed by atoms with van der Waals surface area (Å²) in [6, 6.07) is 3.51. The molecule has 0 unspecified atom stereocenters. The van der Waals surface area contributed by atoms with E-state index in [-0.39, 0.29) is 0 Å². The van der Waals surface area contributed by atoms with Crippen LogP contribution in [0.15, 0.2) is 12.1 Å². The first-order valence-electron chi connectivity index (χ1n) is 5.40. The molecule has 0 saturated carbocycles. The van der Waals surface area contributed by atoms with Gasteiger partial charge in [0.05, 0.1) is 12.8 Å². The molecule has 5 nitrogen and oxygen atoms in total. The van der Waals surface area contributed by atoms with Gasteiger partial charge >= 0.3 is 0 Å². The Morgan fingerprint density at radius 1 is 1.44 bits per heavy atom. The molecule has 16 heavy (non-hydrogen) atoms. The first kappa shape index (κ1) is 12.6. The summed E-state index contributed by atoms with van der Waals surface area (Å²) in [5.41, 5.74) is 6.40. The SMILES string of the molecule is CCOCCCNc1nc(OC)ccc1N. The van der Waals surface area contributed by atoms with Crippen molar-refractivity contribution in [3.63, 3.8) is 0 Å². The molecule has 0 amide bonds. The molecule has 0 saturated heterocycles. The van der Waals surface area contributed by atoms with Crippen molar-refractivity contribution in [1.82, 2.24) is 4.98 Å². The van der Waals surface area contributed by atoms with Crippen LogP contribution in [0.5, 0.6) is 5.88 Å². The van der Waals surface area contributed by atoms with Gasteiger partial charge in [-0.1, -0.05) is 0 Å². The van der Waals surface area contributed by atoms with E-state index in [4.69, 9.17) is 15.2 Å². The van der Waals surface area contributed by atoms with Crippen molar-refractivity contribution in [3.8, 4) is 5.88 Å². The standard InChI is InChI=1S/C11H19N3O2/c1-3-16-8-4-7-13-11-9(12)5-6-10(14-11)15-2/h5-6H,3-4,7-8,12H2,1-2H3,(H,13,14). The van der Waals surface area contributed by atoms with E-state index in [0.717, 1.165) is 26.2 Å². The number of ether oxygens (including phenoxy) is 2. The zero-order valence-corrected chi connectivity index (χ0v) is 9.82. The van der Waals surface area contributed by atoms with Gasteiger partial charge < -0.3 is 20.5 Å². The van der Waals surface area contributed by atoms with E-state index in [0.29, 0.717) is 17.4 Å². The van der Waals surface area contributed by atoms with E-state index in [1.54, 1.807) is 19.2 Å². The number of nitrogen functional groups attached to an aromatic ring is 1. The number of aromatic nitrogens is 1. The molecule has 3 N–H and O–H groups in total. The Labute approximate surface area is 96.0 Å². The number of pyridine rings is 1. The highest BCUT2D eigenvalue weighted by Crippen LogP contribution is 2.19. The van der Waals surface area contributed by atoms with Crippen LogP contribution < -0.4 is 15.8 Å². The minimum atomic E-state index is 0.557. The molecule has 0 aromatic carbocycles. The lowest BCUT2D eigenvalue weighted by Gasteiger charge is -2.09. The Bertz CT molecular complexity index is 318. The summed E-state index contributed by atoms with van der Waals surface area (Å²) < 4.78 is 10.3. The van der Waals surface area contributed by atoms with Crippen molar-refractivity contribution in [1.29, 1.82) is 0 Å². The minimum absolute atomic E-state index is 0.557. The van der Waals surface area contributed by atoms with E-state index < -0.39 is 0 Å². The predicted molar refractivity (Wildman–Crippen MR) is 64.8 cm³/mol. The average Bonchev–Trinajstić information content (AvgIpc) is 2.31. The number of nitrogens with two attached hydrogens (primary N) is 1. The van der Waals surface area contributed by atoms with Gasteiger partial charge in [0.15, 0.2) is 5.82 Å². The van der Waals surface area contributed by atoms with Gasteiger partial charge in [0.25, 0.3) is 0 Å². The summed E-state index contributed by atoms with van der Waals surface area (Å²) in [7, 11) is 1.58. The van der Waals surface area contributed by atoms with E-state index >= 15 is 0 Å². The lowest BCUT2D eigenvalue weighted by atomic mass is 10.3. The van der Waals surface area contributed by atoms with E-state index in [1.807, 2.05) is 6.92 Å². The molecule has 0 aliphatic rings. The third kappa shape index (κ3) is 3.94. The maximum atomic E-state index is 5.77. The van der Waals surface area contributed by atoms with Crippen LogP contribution in [0.25, 0.3) is 0 Å². The van der Waals surface area contributed by atoms with Gasteiger partial charge in [0.2, 0.25) is 5.88 Å². The van der Waals surface area contributed by atoms with Crippen molar-refractivity contribution in [2.24, 2.45) is 0 Å². The summed E-state index contributed by atoms with van der Waals surface area (Å²) >= 11 is 0. The molecule has 1 heterocycles. The van der Waals surface area contributed by atoms with E-state index in [1.165, 1.54) is 0 Å². The number of nitrogens with one attached hydrogen (secondary N) is 1. The summed E-state index contributed by atoms with van der Waals surface area (Å²) in [4.78, 5) is 4.21. The molecule has 90 valence electrons. The number of hydrogen-bond donors (Lipinski definition) is 2. The van der Waals surface area contributed by atoms with Crippen LogP contribution in [0.1, 0.15) is 13.3 Å². The van der Waals surface area contributed by atoms with Gasteiger partial charge in [0, 0.05) is 25.8 Å². The number of methoxy groups -OCH3 is 1. The van der Waals surface area contributed by atoms with Gasteiger partial charge in [-0.05, 0) is 19.4 Å². The highest BCUT2D eigenvalue weighted by atomic mass is 16.5. The van der Waals surface area contributed by atoms with Gasteiger partial charge in [-0.25, -0.2) is 0 Å².